The summed E-state index contributed by atoms with van der Waals surface area (Å²) in [7, 11) is 1.25. The van der Waals surface area contributed by atoms with Crippen molar-refractivity contribution in [2.24, 2.45) is 29.6 Å². The molecule has 0 N–H and O–H groups in total. The summed E-state index contributed by atoms with van der Waals surface area (Å²) in [6.45, 7) is 40.5. The standard InChI is InChI=1S/C19H14.4C13H10.2C6H10.5C4H10.CH4/c1-2-7-14(8-3-1)16-11-6-12-18-17-10-5-4-9-15(17)13-19(16)18;4*1-3-7-12-10(5-1)9-11-6-2-4-8-13(11)12;2*1-3-5-6-4-2;5*1-4(2)3;/h1-12H,13H2;4*1-8H,9H2;2*3-6H,1-2H3;5*4H,1-3H3;1H4/b;;;;;2*5-3-,6-4-;;;;;;/i;1D,3D,5D,7D;;;;;;;;;;;1D. The molecule has 11 aromatic carbocycles. The molecule has 0 spiro atoms. The first kappa shape index (κ1) is 78.5. The summed E-state index contributed by atoms with van der Waals surface area (Å²) < 4.78 is 37.0. The van der Waals surface area contributed by atoms with E-state index in [1.165, 1.54) is 108 Å². The molecule has 5 aliphatic rings. The van der Waals surface area contributed by atoms with E-state index in [0.717, 1.165) is 72.0 Å². The molecule has 104 heavy (non-hydrogen) atoms. The quantitative estimate of drug-likeness (QED) is 0.155. The number of hydrogen-bond donors (Lipinski definition) is 0. The lowest BCUT2D eigenvalue weighted by molar-refractivity contribution is 0.736. The summed E-state index contributed by atoms with van der Waals surface area (Å²) in [6, 6.07) is 85.6. The van der Waals surface area contributed by atoms with Crippen molar-refractivity contribution in [1.29, 1.82) is 0 Å². The molecular formula is C104H128. The summed E-state index contributed by atoms with van der Waals surface area (Å²) in [5, 5.41) is 0. The summed E-state index contributed by atoms with van der Waals surface area (Å²) in [4.78, 5) is 0. The first-order valence-electron chi connectivity index (χ1n) is 40.8. The average Bonchev–Trinajstić information content (AvgIpc) is 1.63. The van der Waals surface area contributed by atoms with Crippen LogP contribution >= 0.6 is 0 Å². The van der Waals surface area contributed by atoms with Gasteiger partial charge in [-0.3, -0.25) is 0 Å². The van der Waals surface area contributed by atoms with Gasteiger partial charge < -0.3 is 0 Å². The zero-order valence-electron chi connectivity index (χ0n) is 72.1. The Labute approximate surface area is 641 Å². The van der Waals surface area contributed by atoms with Gasteiger partial charge in [0.25, 0.3) is 0 Å². The Bertz CT molecular complexity index is 4140. The van der Waals surface area contributed by atoms with Crippen LogP contribution in [0, 0.1) is 29.6 Å². The van der Waals surface area contributed by atoms with Gasteiger partial charge in [0.2, 0.25) is 0 Å². The van der Waals surface area contributed by atoms with Gasteiger partial charge in [0.1, 0.15) is 0 Å². The Morgan fingerprint density at radius 3 is 0.712 bits per heavy atom. The summed E-state index contributed by atoms with van der Waals surface area (Å²) in [6.07, 6.45) is 21.0. The maximum absolute atomic E-state index is 7.95. The van der Waals surface area contributed by atoms with Gasteiger partial charge >= 0.3 is 0 Å². The van der Waals surface area contributed by atoms with Crippen molar-refractivity contribution < 1.29 is 6.85 Å². The number of hydrogen-bond acceptors (Lipinski definition) is 0. The first-order chi connectivity index (χ1) is 52.4. The fraction of sp³-hybridized carbons (Fsp3) is 0.288. The molecule has 5 aliphatic carbocycles. The van der Waals surface area contributed by atoms with Crippen LogP contribution in [0.5, 0.6) is 0 Å². The van der Waals surface area contributed by atoms with E-state index in [-0.39, 0.29) is 24.2 Å². The lowest BCUT2D eigenvalue weighted by atomic mass is 9.96. The third-order valence-corrected chi connectivity index (χ3v) is 15.5. The predicted octanol–water partition coefficient (Wildman–Crippen LogP) is 31.2. The molecule has 0 unspecified atom stereocenters. The minimum absolute atomic E-state index is 0.0750. The topological polar surface area (TPSA) is 0 Å². The van der Waals surface area contributed by atoms with Gasteiger partial charge in [-0.2, -0.15) is 0 Å². The van der Waals surface area contributed by atoms with Gasteiger partial charge in [-0.1, -0.05) is 427 Å². The third kappa shape index (κ3) is 29.6. The maximum Gasteiger partial charge on any atom is 0.0629 e. The Morgan fingerprint density at radius 2 is 0.433 bits per heavy atom. The van der Waals surface area contributed by atoms with Crippen LogP contribution in [0.2, 0.25) is 0 Å². The minimum atomic E-state index is -0.148. The van der Waals surface area contributed by atoms with Crippen LogP contribution in [0.3, 0.4) is 0 Å². The Kier molecular flexibility index (Phi) is 36.5. The van der Waals surface area contributed by atoms with Gasteiger partial charge in [0.05, 0.1) is 5.48 Å². The van der Waals surface area contributed by atoms with Crippen molar-refractivity contribution in [3.8, 4) is 66.8 Å². The van der Waals surface area contributed by atoms with Crippen molar-refractivity contribution in [2.75, 3.05) is 0 Å². The largest absolute Gasteiger partial charge is 0.0877 e. The molecule has 0 atom stereocenters. The van der Waals surface area contributed by atoms with E-state index < -0.39 is 0 Å². The molecule has 11 aromatic rings. The van der Waals surface area contributed by atoms with Gasteiger partial charge in [0.15, 0.2) is 0 Å². The second-order valence-electron chi connectivity index (χ2n) is 29.5. The predicted molar refractivity (Wildman–Crippen MR) is 467 cm³/mol. The third-order valence-electron chi connectivity index (χ3n) is 15.5. The van der Waals surface area contributed by atoms with Crippen LogP contribution < -0.4 is 0 Å². The highest BCUT2D eigenvalue weighted by molar-refractivity contribution is 5.85. The zero-order valence-corrected chi connectivity index (χ0v) is 67.1. The Hall–Kier alpha value is -9.62. The van der Waals surface area contributed by atoms with Crippen LogP contribution in [0.1, 0.15) is 201 Å². The molecule has 0 aromatic heterocycles. The van der Waals surface area contributed by atoms with Crippen molar-refractivity contribution >= 4 is 0 Å². The van der Waals surface area contributed by atoms with E-state index in [1.807, 2.05) is 101 Å². The van der Waals surface area contributed by atoms with Crippen molar-refractivity contribution in [1.82, 2.24) is 0 Å². The zero-order chi connectivity index (χ0) is 80.4. The lowest BCUT2D eigenvalue weighted by Crippen LogP contribution is -1.87. The summed E-state index contributed by atoms with van der Waals surface area (Å²) in [5.41, 5.74) is 29.1. The minimum Gasteiger partial charge on any atom is -0.0877 e. The highest BCUT2D eigenvalue weighted by Crippen LogP contribution is 2.42. The van der Waals surface area contributed by atoms with Crippen LogP contribution in [-0.4, -0.2) is 0 Å². The van der Waals surface area contributed by atoms with E-state index in [9.17, 15) is 0 Å². The molecule has 0 aliphatic heterocycles. The monoisotopic (exact) mass is 1380 g/mol. The molecule has 0 nitrogen and oxygen atoms in total. The van der Waals surface area contributed by atoms with E-state index in [0.29, 0.717) is 12.0 Å². The van der Waals surface area contributed by atoms with E-state index in [1.54, 1.807) is 0 Å². The highest BCUT2D eigenvalue weighted by Gasteiger charge is 2.22. The first-order valence-corrected chi connectivity index (χ1v) is 37.8. The second-order valence-corrected chi connectivity index (χ2v) is 29.5. The van der Waals surface area contributed by atoms with E-state index in [4.69, 9.17) is 6.85 Å². The molecule has 0 amide bonds. The van der Waals surface area contributed by atoms with Gasteiger partial charge in [0, 0.05) is 1.37 Å². The summed E-state index contributed by atoms with van der Waals surface area (Å²) >= 11 is 0. The maximum atomic E-state index is 7.95. The molecule has 0 heterocycles. The Balaban J connectivity index is 0.000000262. The molecule has 16 rings (SSSR count). The molecule has 544 valence electrons. The van der Waals surface area contributed by atoms with Crippen LogP contribution in [0.4, 0.5) is 0 Å². The SMILES string of the molecule is C/C=C\C=C/C.C/C=C\C=C/C.CC(C)C.CC(C)C.CC(C)C.CC(C)C.CC(C)C.[2H]C.[2H]c1c([2H])c([2H])c2c(c1[2H])Cc1ccccc1-2.c1ccc(-c2cccc3c2Cc2ccccc2-3)cc1.c1ccc2c(c1)Cc1ccccc1-2.c1ccc2c(c1)Cc1ccccc1-2.c1ccc2c(c1)Cc1ccccc1-2. The van der Waals surface area contributed by atoms with Crippen molar-refractivity contribution in [3.05, 3.63) is 371 Å². The highest BCUT2D eigenvalue weighted by atomic mass is 14.3. The molecule has 0 fully saturated rings. The molecule has 0 saturated heterocycles. The number of fused-ring (bicyclic) bond motifs is 15. The number of benzene rings is 11. The van der Waals surface area contributed by atoms with Crippen molar-refractivity contribution in [2.45, 2.75) is 171 Å². The van der Waals surface area contributed by atoms with Crippen molar-refractivity contribution in [3.63, 3.8) is 0 Å². The van der Waals surface area contributed by atoms with E-state index in [2.05, 4.69) is 322 Å². The molecule has 0 heteroatoms. The summed E-state index contributed by atoms with van der Waals surface area (Å²) in [5.74, 6) is 4.17. The number of allylic oxidation sites excluding steroid dienone is 8. The lowest BCUT2D eigenvalue weighted by Gasteiger charge is -2.08. The fourth-order valence-electron chi connectivity index (χ4n) is 11.5. The van der Waals surface area contributed by atoms with E-state index >= 15 is 0 Å². The molecular weight excluding hydrogens is 1250 g/mol. The number of rotatable bonds is 3. The molecule has 0 saturated carbocycles. The molecule has 0 bridgehead atoms. The smallest absolute Gasteiger partial charge is 0.0629 e. The van der Waals surface area contributed by atoms with Gasteiger partial charge in [-0.05, 0) is 212 Å². The average molecular weight is 1380 g/mol. The van der Waals surface area contributed by atoms with Gasteiger partial charge in [-0.25, -0.2) is 0 Å². The Morgan fingerprint density at radius 1 is 0.231 bits per heavy atom. The second kappa shape index (κ2) is 48.4. The van der Waals surface area contributed by atoms with Crippen LogP contribution in [-0.2, 0) is 32.1 Å². The van der Waals surface area contributed by atoms with Crippen LogP contribution in [0.15, 0.2) is 315 Å². The normalized spacial score (nSPS) is 12.0. The van der Waals surface area contributed by atoms with Crippen LogP contribution in [0.25, 0.3) is 66.8 Å². The van der Waals surface area contributed by atoms with Gasteiger partial charge in [-0.15, -0.1) is 0 Å². The fourth-order valence-corrected chi connectivity index (χ4v) is 11.5. The molecule has 0 radical (unpaired) electrons.